The van der Waals surface area contributed by atoms with Gasteiger partial charge in [-0.1, -0.05) is 5.21 Å². The fraction of sp³-hybridized carbons (Fsp3) is 0.684. The fourth-order valence-corrected chi connectivity index (χ4v) is 4.00. The Morgan fingerprint density at radius 3 is 2.41 bits per heavy atom. The van der Waals surface area contributed by atoms with Gasteiger partial charge in [-0.2, -0.15) is 0 Å². The summed E-state index contributed by atoms with van der Waals surface area (Å²) in [7, 11) is 6.56. The minimum absolute atomic E-state index is 0.243. The van der Waals surface area contributed by atoms with Crippen molar-refractivity contribution in [2.75, 3.05) is 47.5 Å². The highest BCUT2D eigenvalue weighted by Crippen LogP contribution is 2.44. The van der Waals surface area contributed by atoms with E-state index in [1.54, 1.807) is 17.5 Å². The summed E-state index contributed by atoms with van der Waals surface area (Å²) in [6, 6.07) is 0. The van der Waals surface area contributed by atoms with E-state index in [4.69, 9.17) is 14.2 Å². The Morgan fingerprint density at radius 2 is 1.81 bits per heavy atom. The maximum Gasteiger partial charge on any atom is 0.232 e. The first-order valence-electron chi connectivity index (χ1n) is 9.34. The lowest BCUT2D eigenvalue weighted by Gasteiger charge is -2.26. The number of ether oxygens (including phenoxy) is 3. The lowest BCUT2D eigenvalue weighted by molar-refractivity contribution is -0.870. The molecule has 1 aliphatic heterocycles. The Kier molecular flexibility index (Phi) is 5.67. The highest BCUT2D eigenvalue weighted by atomic mass is 32.1. The van der Waals surface area contributed by atoms with E-state index in [1.165, 1.54) is 0 Å². The topological polar surface area (TPSA) is 58.4 Å². The van der Waals surface area contributed by atoms with Crippen LogP contribution in [0.2, 0.25) is 0 Å². The number of fused-ring (bicyclic) bond motifs is 1. The average molecular weight is 396 g/mol. The summed E-state index contributed by atoms with van der Waals surface area (Å²) in [5.74, 6) is 2.46. The molecule has 0 aromatic carbocycles. The van der Waals surface area contributed by atoms with Crippen molar-refractivity contribution in [2.24, 2.45) is 5.41 Å². The molecule has 0 atom stereocenters. The molecule has 1 aliphatic rings. The third kappa shape index (κ3) is 4.93. The van der Waals surface area contributed by atoms with E-state index in [0.29, 0.717) is 25.7 Å². The maximum atomic E-state index is 6.08. The van der Waals surface area contributed by atoms with E-state index < -0.39 is 0 Å². The van der Waals surface area contributed by atoms with Crippen LogP contribution < -0.4 is 14.2 Å². The van der Waals surface area contributed by atoms with Gasteiger partial charge in [0.1, 0.15) is 26.0 Å². The van der Waals surface area contributed by atoms with E-state index in [9.17, 15) is 0 Å². The molecule has 0 N–H and O–H groups in total. The first-order chi connectivity index (χ1) is 12.7. The lowest BCUT2D eigenvalue weighted by atomic mass is 9.94. The molecule has 0 fully saturated rings. The highest BCUT2D eigenvalue weighted by molar-refractivity contribution is 7.12. The second-order valence-electron chi connectivity index (χ2n) is 8.71. The van der Waals surface area contributed by atoms with Crippen LogP contribution in [0.3, 0.4) is 0 Å². The molecule has 0 unspecified atom stereocenters. The molecule has 27 heavy (non-hydrogen) atoms. The summed E-state index contributed by atoms with van der Waals surface area (Å²) >= 11 is 1.71. The molecule has 2 aromatic heterocycles. The van der Waals surface area contributed by atoms with Crippen molar-refractivity contribution in [1.29, 1.82) is 0 Å². The molecule has 3 heterocycles. The van der Waals surface area contributed by atoms with Crippen LogP contribution >= 0.6 is 11.3 Å². The largest absolute Gasteiger partial charge is 0.488 e. The molecule has 2 aromatic rings. The monoisotopic (exact) mass is 395 g/mol. The molecule has 0 radical (unpaired) electrons. The summed E-state index contributed by atoms with van der Waals surface area (Å²) < 4.78 is 21.0. The van der Waals surface area contributed by atoms with Gasteiger partial charge in [-0.05, 0) is 20.8 Å². The molecule has 8 heteroatoms. The number of nitrogens with zero attached hydrogens (tertiary/aromatic N) is 4. The van der Waals surface area contributed by atoms with Crippen molar-refractivity contribution >= 4 is 11.3 Å². The third-order valence-corrected chi connectivity index (χ3v) is 5.61. The number of aryl methyl sites for hydroxylation is 3. The number of hydrogen-bond donors (Lipinski definition) is 0. The zero-order valence-electron chi connectivity index (χ0n) is 17.2. The molecular weight excluding hydrogens is 364 g/mol. The van der Waals surface area contributed by atoms with Gasteiger partial charge < -0.3 is 18.7 Å². The molecule has 0 spiro atoms. The van der Waals surface area contributed by atoms with Gasteiger partial charge in [-0.3, -0.25) is 0 Å². The van der Waals surface area contributed by atoms with Gasteiger partial charge in [0.15, 0.2) is 11.5 Å². The van der Waals surface area contributed by atoms with Crippen molar-refractivity contribution in [1.82, 2.24) is 15.0 Å². The number of quaternary nitrogens is 1. The quantitative estimate of drug-likeness (QED) is 0.675. The summed E-state index contributed by atoms with van der Waals surface area (Å²) in [6.45, 7) is 9.72. The molecule has 0 saturated carbocycles. The number of hydrogen-bond acceptors (Lipinski definition) is 6. The van der Waals surface area contributed by atoms with Gasteiger partial charge in [-0.25, -0.2) is 4.68 Å². The minimum atomic E-state index is -0.243. The van der Waals surface area contributed by atoms with Crippen molar-refractivity contribution in [2.45, 2.75) is 33.7 Å². The predicted molar refractivity (Wildman–Crippen MR) is 106 cm³/mol. The third-order valence-electron chi connectivity index (χ3n) is 4.63. The van der Waals surface area contributed by atoms with Crippen LogP contribution in [0.25, 0.3) is 0 Å². The second kappa shape index (κ2) is 7.67. The zero-order chi connectivity index (χ0) is 19.7. The Labute approximate surface area is 165 Å². The average Bonchev–Trinajstić information content (AvgIpc) is 3.06. The van der Waals surface area contributed by atoms with Crippen molar-refractivity contribution in [3.63, 3.8) is 0 Å². The molecule has 0 aliphatic carbocycles. The Balaban J connectivity index is 1.57. The molecule has 0 amide bonds. The highest BCUT2D eigenvalue weighted by Gasteiger charge is 2.33. The van der Waals surface area contributed by atoms with Crippen LogP contribution in [0.5, 0.6) is 17.4 Å². The van der Waals surface area contributed by atoms with Crippen molar-refractivity contribution in [3.05, 3.63) is 16.0 Å². The van der Waals surface area contributed by atoms with Crippen LogP contribution in [0.4, 0.5) is 0 Å². The summed E-state index contributed by atoms with van der Waals surface area (Å²) in [5, 5.41) is 8.17. The van der Waals surface area contributed by atoms with Gasteiger partial charge in [-0.15, -0.1) is 16.4 Å². The van der Waals surface area contributed by atoms with Crippen molar-refractivity contribution in [3.8, 4) is 17.4 Å². The number of rotatable bonds is 7. The van der Waals surface area contributed by atoms with Crippen LogP contribution in [0, 0.1) is 19.3 Å². The zero-order valence-corrected chi connectivity index (χ0v) is 18.1. The Morgan fingerprint density at radius 1 is 1.19 bits per heavy atom. The van der Waals surface area contributed by atoms with Crippen LogP contribution in [0.15, 0.2) is 6.20 Å². The SMILES string of the molecule is Cc1sc(C)c2c1OCC(C)(COc1cnnn1CCC[N+](C)(C)C)CO2. The van der Waals surface area contributed by atoms with Crippen molar-refractivity contribution < 1.29 is 18.7 Å². The number of thiophene rings is 1. The van der Waals surface area contributed by atoms with Gasteiger partial charge >= 0.3 is 0 Å². The molecule has 0 bridgehead atoms. The lowest BCUT2D eigenvalue weighted by Crippen LogP contribution is -2.37. The summed E-state index contributed by atoms with van der Waals surface area (Å²) in [6.07, 6.45) is 2.70. The molecule has 150 valence electrons. The molecule has 3 rings (SSSR count). The predicted octanol–water partition coefficient (Wildman–Crippen LogP) is 2.91. The van der Waals surface area contributed by atoms with Gasteiger partial charge in [0.25, 0.3) is 0 Å². The first-order valence-corrected chi connectivity index (χ1v) is 10.2. The first kappa shape index (κ1) is 19.9. The van der Waals surface area contributed by atoms with Crippen LogP contribution in [-0.4, -0.2) is 67.0 Å². The van der Waals surface area contributed by atoms with E-state index in [-0.39, 0.29) is 5.41 Å². The normalized spacial score (nSPS) is 16.2. The smallest absolute Gasteiger partial charge is 0.232 e. The van der Waals surface area contributed by atoms with E-state index >= 15 is 0 Å². The van der Waals surface area contributed by atoms with E-state index in [0.717, 1.165) is 45.2 Å². The van der Waals surface area contributed by atoms with E-state index in [1.807, 2.05) is 4.68 Å². The van der Waals surface area contributed by atoms with E-state index in [2.05, 4.69) is 52.2 Å². The van der Waals surface area contributed by atoms with Gasteiger partial charge in [0.2, 0.25) is 5.88 Å². The molecule has 7 nitrogen and oxygen atoms in total. The van der Waals surface area contributed by atoms with Crippen LogP contribution in [0.1, 0.15) is 23.1 Å². The standard InChI is InChI=1S/C19H31N4O3S/c1-14-17-18(15(2)27-14)26-13-19(3,12-25-17)11-24-16-10-20-21-22(16)8-7-9-23(4,5)6/h10H,7-9,11-13H2,1-6H3/q+1. The number of aromatic nitrogens is 3. The Hall–Kier alpha value is -1.80. The minimum Gasteiger partial charge on any atom is -0.488 e. The molecular formula is C19H31N4O3S+. The maximum absolute atomic E-state index is 6.08. The van der Waals surface area contributed by atoms with Gasteiger partial charge in [0.05, 0.1) is 39.6 Å². The van der Waals surface area contributed by atoms with Gasteiger partial charge in [0, 0.05) is 16.2 Å². The molecule has 0 saturated heterocycles. The second-order valence-corrected chi connectivity index (χ2v) is 10.1. The van der Waals surface area contributed by atoms with Crippen LogP contribution in [-0.2, 0) is 6.54 Å². The summed E-state index contributed by atoms with van der Waals surface area (Å²) in [5.41, 5.74) is -0.243. The Bertz CT molecular complexity index is 750. The summed E-state index contributed by atoms with van der Waals surface area (Å²) in [4.78, 5) is 2.32. The fourth-order valence-electron chi connectivity index (χ4n) is 3.05.